The smallest absolute Gasteiger partial charge is 0.128 e. The van der Waals surface area contributed by atoms with Crippen molar-refractivity contribution in [3.63, 3.8) is 0 Å². The van der Waals surface area contributed by atoms with Crippen LogP contribution in [0, 0.1) is 0 Å². The van der Waals surface area contributed by atoms with E-state index in [2.05, 4.69) is 23.8 Å². The van der Waals surface area contributed by atoms with E-state index in [9.17, 15) is 5.11 Å². The van der Waals surface area contributed by atoms with Gasteiger partial charge in [0.1, 0.15) is 17.2 Å². The van der Waals surface area contributed by atoms with Gasteiger partial charge >= 0.3 is 0 Å². The van der Waals surface area contributed by atoms with Gasteiger partial charge in [0.15, 0.2) is 0 Å². The van der Waals surface area contributed by atoms with E-state index >= 15 is 0 Å². The zero-order chi connectivity index (χ0) is 30.1. The van der Waals surface area contributed by atoms with Gasteiger partial charge in [-0.2, -0.15) is 0 Å². The summed E-state index contributed by atoms with van der Waals surface area (Å²) in [6.07, 6.45) is 18.3. The third-order valence-corrected chi connectivity index (χ3v) is 7.56. The number of aromatic nitrogens is 2. The molecular weight excluding hydrogens is 534 g/mol. The first-order chi connectivity index (χ1) is 21.2. The number of hydrogen-bond acceptors (Lipinski definition) is 6. The summed E-state index contributed by atoms with van der Waals surface area (Å²) in [6, 6.07) is 19.1. The van der Waals surface area contributed by atoms with Crippen molar-refractivity contribution in [1.82, 2.24) is 9.97 Å². The number of nitrogens with zero attached hydrogens (tertiary/aromatic N) is 3. The van der Waals surface area contributed by atoms with Crippen molar-refractivity contribution in [1.29, 1.82) is 0 Å². The van der Waals surface area contributed by atoms with Gasteiger partial charge in [-0.05, 0) is 67.4 Å². The molecule has 43 heavy (non-hydrogen) atoms. The minimum Gasteiger partial charge on any atom is -0.507 e. The number of unbranched alkanes of at least 4 members (excludes halogenated alkanes) is 10. The molecule has 0 saturated carbocycles. The number of hydrogen-bond donors (Lipinski definition) is 1. The molecule has 3 aromatic carbocycles. The Morgan fingerprint density at radius 3 is 1.98 bits per heavy atom. The summed E-state index contributed by atoms with van der Waals surface area (Å²) in [5.74, 6) is 1.71. The maximum Gasteiger partial charge on any atom is 0.128 e. The van der Waals surface area contributed by atoms with Gasteiger partial charge in [0.25, 0.3) is 0 Å². The molecule has 0 fully saturated rings. The molecule has 0 unspecified atom stereocenters. The molecule has 1 aromatic heterocycles. The number of fused-ring (bicyclic) bond motifs is 1. The number of aromatic hydroxyl groups is 1. The third-order valence-electron chi connectivity index (χ3n) is 7.56. The molecule has 0 atom stereocenters. The van der Waals surface area contributed by atoms with Crippen LogP contribution in [0.2, 0.25) is 0 Å². The topological polar surface area (TPSA) is 76.8 Å². The SMILES string of the molecule is CCCCCCCCOc1ccc(-c2cnc3cc(N=Cc4ccc(OCCCCCCCC)cc4O)ccc3n2)cc1. The van der Waals surface area contributed by atoms with Crippen LogP contribution in [0.25, 0.3) is 22.3 Å². The standard InChI is InChI=1S/C37H47N3O3/c1-3-5-7-9-11-13-23-42-32-19-15-29(16-20-32)36-28-39-35-25-31(18-22-34(35)40-36)38-27-30-17-21-33(26-37(30)41)43-24-14-12-10-8-6-4-2/h15-22,25-28,41H,3-14,23-24H2,1-2H3. The van der Waals surface area contributed by atoms with E-state index in [1.807, 2.05) is 54.6 Å². The van der Waals surface area contributed by atoms with E-state index in [-0.39, 0.29) is 5.75 Å². The second kappa shape index (κ2) is 17.9. The fourth-order valence-corrected chi connectivity index (χ4v) is 4.95. The Morgan fingerprint density at radius 2 is 1.30 bits per heavy atom. The van der Waals surface area contributed by atoms with Gasteiger partial charge in [-0.15, -0.1) is 0 Å². The van der Waals surface area contributed by atoms with E-state index in [1.165, 1.54) is 64.2 Å². The van der Waals surface area contributed by atoms with Crippen molar-refractivity contribution in [3.8, 4) is 28.5 Å². The highest BCUT2D eigenvalue weighted by molar-refractivity contribution is 5.87. The predicted octanol–water partition coefficient (Wildman–Crippen LogP) is 10.2. The van der Waals surface area contributed by atoms with Crippen LogP contribution in [0.4, 0.5) is 5.69 Å². The molecule has 228 valence electrons. The van der Waals surface area contributed by atoms with Crippen LogP contribution < -0.4 is 9.47 Å². The van der Waals surface area contributed by atoms with Gasteiger partial charge in [-0.3, -0.25) is 9.98 Å². The highest BCUT2D eigenvalue weighted by Gasteiger charge is 2.06. The van der Waals surface area contributed by atoms with Gasteiger partial charge in [0.05, 0.1) is 41.8 Å². The normalized spacial score (nSPS) is 11.4. The van der Waals surface area contributed by atoms with Gasteiger partial charge < -0.3 is 14.6 Å². The molecule has 0 spiro atoms. The monoisotopic (exact) mass is 581 g/mol. The van der Waals surface area contributed by atoms with Crippen molar-refractivity contribution in [2.24, 2.45) is 4.99 Å². The van der Waals surface area contributed by atoms with Gasteiger partial charge in [-0.25, -0.2) is 4.98 Å². The lowest BCUT2D eigenvalue weighted by Crippen LogP contribution is -1.97. The van der Waals surface area contributed by atoms with E-state index in [0.29, 0.717) is 17.9 Å². The lowest BCUT2D eigenvalue weighted by molar-refractivity contribution is 0.302. The molecule has 0 bridgehead atoms. The number of phenolic OH excluding ortho intramolecular Hbond substituents is 1. The number of ether oxygens (including phenoxy) is 2. The summed E-state index contributed by atoms with van der Waals surface area (Å²) in [5.41, 5.74) is 4.75. The Bertz CT molecular complexity index is 1420. The summed E-state index contributed by atoms with van der Waals surface area (Å²) in [6.45, 7) is 5.89. The Labute approximate surface area is 257 Å². The zero-order valence-corrected chi connectivity index (χ0v) is 25.9. The van der Waals surface area contributed by atoms with Crippen molar-refractivity contribution in [2.45, 2.75) is 90.9 Å². The highest BCUT2D eigenvalue weighted by Crippen LogP contribution is 2.26. The average Bonchev–Trinajstić information content (AvgIpc) is 3.03. The Kier molecular flexibility index (Phi) is 13.3. The summed E-state index contributed by atoms with van der Waals surface area (Å²) in [4.78, 5) is 14.0. The molecule has 4 rings (SSSR count). The molecule has 0 radical (unpaired) electrons. The largest absolute Gasteiger partial charge is 0.507 e. The molecule has 6 nitrogen and oxygen atoms in total. The molecule has 0 amide bonds. The fourth-order valence-electron chi connectivity index (χ4n) is 4.95. The number of rotatable bonds is 19. The van der Waals surface area contributed by atoms with E-state index < -0.39 is 0 Å². The Morgan fingerprint density at radius 1 is 0.674 bits per heavy atom. The quantitative estimate of drug-likeness (QED) is 0.0880. The first kappa shape index (κ1) is 32.0. The summed E-state index contributed by atoms with van der Waals surface area (Å²) in [5, 5.41) is 10.5. The number of aliphatic imine (C=N–C) groups is 1. The van der Waals surface area contributed by atoms with Crippen molar-refractivity contribution in [2.75, 3.05) is 13.2 Å². The molecule has 0 aliphatic carbocycles. The van der Waals surface area contributed by atoms with Crippen LogP contribution in [0.1, 0.15) is 96.5 Å². The van der Waals surface area contributed by atoms with Crippen LogP contribution in [0.3, 0.4) is 0 Å². The molecule has 0 saturated heterocycles. The molecule has 0 aliphatic heterocycles. The van der Waals surface area contributed by atoms with Gasteiger partial charge in [-0.1, -0.05) is 78.1 Å². The van der Waals surface area contributed by atoms with Crippen molar-refractivity contribution in [3.05, 3.63) is 72.4 Å². The first-order valence-corrected chi connectivity index (χ1v) is 16.2. The molecular formula is C37H47N3O3. The van der Waals surface area contributed by atoms with Gasteiger partial charge in [0.2, 0.25) is 0 Å². The van der Waals surface area contributed by atoms with Crippen LogP contribution in [0.15, 0.2) is 71.9 Å². The minimum absolute atomic E-state index is 0.147. The lowest BCUT2D eigenvalue weighted by Gasteiger charge is -2.08. The minimum atomic E-state index is 0.147. The summed E-state index contributed by atoms with van der Waals surface area (Å²) >= 11 is 0. The average molecular weight is 582 g/mol. The molecule has 1 heterocycles. The maximum absolute atomic E-state index is 10.5. The van der Waals surface area contributed by atoms with Crippen LogP contribution in [-0.4, -0.2) is 34.5 Å². The highest BCUT2D eigenvalue weighted by atomic mass is 16.5. The summed E-state index contributed by atoms with van der Waals surface area (Å²) in [7, 11) is 0. The van der Waals surface area contributed by atoms with E-state index in [0.717, 1.165) is 53.2 Å². The number of benzene rings is 3. The Balaban J connectivity index is 1.28. The molecule has 1 N–H and O–H groups in total. The van der Waals surface area contributed by atoms with Crippen LogP contribution in [0.5, 0.6) is 17.2 Å². The number of phenols is 1. The first-order valence-electron chi connectivity index (χ1n) is 16.2. The van der Waals surface area contributed by atoms with E-state index in [1.54, 1.807) is 18.5 Å². The predicted molar refractivity (Wildman–Crippen MR) is 178 cm³/mol. The van der Waals surface area contributed by atoms with E-state index in [4.69, 9.17) is 14.5 Å². The lowest BCUT2D eigenvalue weighted by atomic mass is 10.1. The van der Waals surface area contributed by atoms with Crippen LogP contribution >= 0.6 is 0 Å². The van der Waals surface area contributed by atoms with Crippen LogP contribution in [-0.2, 0) is 0 Å². The maximum atomic E-state index is 10.5. The zero-order valence-electron chi connectivity index (χ0n) is 25.9. The fraction of sp³-hybridized carbons (Fsp3) is 0.432. The molecule has 4 aromatic rings. The summed E-state index contributed by atoms with van der Waals surface area (Å²) < 4.78 is 11.7. The second-order valence-corrected chi connectivity index (χ2v) is 11.2. The van der Waals surface area contributed by atoms with Gasteiger partial charge in [0, 0.05) is 23.4 Å². The molecule has 6 heteroatoms. The van der Waals surface area contributed by atoms with Crippen molar-refractivity contribution >= 4 is 22.9 Å². The third kappa shape index (κ3) is 10.7. The second-order valence-electron chi connectivity index (χ2n) is 11.2. The molecule has 0 aliphatic rings. The Hall–Kier alpha value is -3.93. The van der Waals surface area contributed by atoms with Crippen molar-refractivity contribution < 1.29 is 14.6 Å².